The van der Waals surface area contributed by atoms with Crippen molar-refractivity contribution in [3.05, 3.63) is 29.8 Å². The van der Waals surface area contributed by atoms with Crippen LogP contribution in [-0.4, -0.2) is 47.0 Å². The van der Waals surface area contributed by atoms with Gasteiger partial charge in [0.05, 0.1) is 18.8 Å². The third-order valence-corrected chi connectivity index (χ3v) is 5.25. The molecule has 0 amide bonds. The molecule has 154 valence electrons. The molecule has 0 aromatic heterocycles. The molecule has 0 saturated heterocycles. The Morgan fingerprint density at radius 3 is 2.74 bits per heavy atom. The summed E-state index contributed by atoms with van der Waals surface area (Å²) in [5.41, 5.74) is 0.853. The van der Waals surface area contributed by atoms with Crippen molar-refractivity contribution in [2.24, 2.45) is 0 Å². The van der Waals surface area contributed by atoms with Crippen molar-refractivity contribution in [2.75, 3.05) is 24.7 Å². The van der Waals surface area contributed by atoms with Crippen molar-refractivity contribution in [3.8, 4) is 5.75 Å². The van der Waals surface area contributed by atoms with Crippen molar-refractivity contribution < 1.29 is 24.5 Å². The lowest BCUT2D eigenvalue weighted by atomic mass is 10.0. The zero-order valence-electron chi connectivity index (χ0n) is 16.6. The molecule has 6 heteroatoms. The predicted octanol–water partition coefficient (Wildman–Crippen LogP) is 4.12. The zero-order chi connectivity index (χ0) is 19.9. The number of aliphatic hydroxyl groups excluding tert-OH is 2. The van der Waals surface area contributed by atoms with Crippen molar-refractivity contribution in [1.82, 2.24) is 0 Å². The van der Waals surface area contributed by atoms with Gasteiger partial charge in [-0.2, -0.15) is 11.8 Å². The SMILES string of the molecule is CCCCCC(O)c1cccc(OCC(O)CSCCCC(=O)OCC)c1. The molecule has 1 aromatic rings. The molecule has 0 spiro atoms. The molecule has 1 rings (SSSR count). The Hall–Kier alpha value is -1.24. The number of hydrogen-bond acceptors (Lipinski definition) is 6. The third-order valence-electron chi connectivity index (χ3n) is 4.05. The average molecular weight is 399 g/mol. The van der Waals surface area contributed by atoms with Gasteiger partial charge in [0.15, 0.2) is 0 Å². The van der Waals surface area contributed by atoms with E-state index >= 15 is 0 Å². The second-order valence-electron chi connectivity index (χ2n) is 6.53. The highest BCUT2D eigenvalue weighted by molar-refractivity contribution is 7.99. The molecule has 0 heterocycles. The molecule has 1 aromatic carbocycles. The highest BCUT2D eigenvalue weighted by Crippen LogP contribution is 2.23. The number of ether oxygens (including phenoxy) is 2. The van der Waals surface area contributed by atoms with Gasteiger partial charge in [0, 0.05) is 12.2 Å². The van der Waals surface area contributed by atoms with Gasteiger partial charge in [0.2, 0.25) is 0 Å². The van der Waals surface area contributed by atoms with E-state index in [-0.39, 0.29) is 12.6 Å². The monoisotopic (exact) mass is 398 g/mol. The number of unbranched alkanes of at least 4 members (excludes halogenated alkanes) is 2. The van der Waals surface area contributed by atoms with E-state index in [1.807, 2.05) is 24.3 Å². The minimum Gasteiger partial charge on any atom is -0.491 e. The van der Waals surface area contributed by atoms with Crippen LogP contribution >= 0.6 is 11.8 Å². The predicted molar refractivity (Wildman–Crippen MR) is 110 cm³/mol. The van der Waals surface area contributed by atoms with E-state index < -0.39 is 12.2 Å². The van der Waals surface area contributed by atoms with Gasteiger partial charge in [-0.05, 0) is 43.2 Å². The highest BCUT2D eigenvalue weighted by atomic mass is 32.2. The van der Waals surface area contributed by atoms with E-state index in [2.05, 4.69) is 6.92 Å². The van der Waals surface area contributed by atoms with Gasteiger partial charge < -0.3 is 19.7 Å². The molecule has 0 aliphatic carbocycles. The van der Waals surface area contributed by atoms with Crippen molar-refractivity contribution in [3.63, 3.8) is 0 Å². The molecule has 0 bridgehead atoms. The van der Waals surface area contributed by atoms with E-state index in [1.54, 1.807) is 18.7 Å². The second kappa shape index (κ2) is 14.8. The number of carbonyl (C=O) groups excluding carboxylic acids is 1. The standard InChI is InChI=1S/C21H34O5S/c1-3-5-6-11-20(23)17-9-7-10-19(14-17)26-15-18(22)16-27-13-8-12-21(24)25-4-2/h7,9-10,14,18,20,22-23H,3-6,8,11-13,15-16H2,1-2H3. The molecular formula is C21H34O5S. The fraction of sp³-hybridized carbons (Fsp3) is 0.667. The van der Waals surface area contributed by atoms with Gasteiger partial charge in [-0.1, -0.05) is 38.3 Å². The molecule has 2 atom stereocenters. The summed E-state index contributed by atoms with van der Waals surface area (Å²) in [6.07, 6.45) is 4.13. The molecular weight excluding hydrogens is 364 g/mol. The van der Waals surface area contributed by atoms with Crippen LogP contribution in [0.4, 0.5) is 0 Å². The fourth-order valence-corrected chi connectivity index (χ4v) is 3.46. The lowest BCUT2D eigenvalue weighted by Gasteiger charge is -2.15. The zero-order valence-corrected chi connectivity index (χ0v) is 17.4. The van der Waals surface area contributed by atoms with Crippen LogP contribution in [0.3, 0.4) is 0 Å². The molecule has 0 aliphatic rings. The van der Waals surface area contributed by atoms with E-state index in [0.29, 0.717) is 24.5 Å². The molecule has 27 heavy (non-hydrogen) atoms. The maximum absolute atomic E-state index is 11.2. The number of thioether (sulfide) groups is 1. The molecule has 5 nitrogen and oxygen atoms in total. The maximum Gasteiger partial charge on any atom is 0.305 e. The Morgan fingerprint density at radius 2 is 2.00 bits per heavy atom. The lowest BCUT2D eigenvalue weighted by molar-refractivity contribution is -0.143. The Kier molecular flexibility index (Phi) is 13.0. The fourth-order valence-electron chi connectivity index (χ4n) is 2.58. The van der Waals surface area contributed by atoms with Crippen molar-refractivity contribution in [1.29, 1.82) is 0 Å². The number of benzene rings is 1. The first-order chi connectivity index (χ1) is 13.1. The van der Waals surface area contributed by atoms with E-state index in [4.69, 9.17) is 9.47 Å². The maximum atomic E-state index is 11.2. The largest absolute Gasteiger partial charge is 0.491 e. The van der Waals surface area contributed by atoms with Gasteiger partial charge in [-0.25, -0.2) is 0 Å². The Labute approximate surface area is 167 Å². The Balaban J connectivity index is 2.24. The summed E-state index contributed by atoms with van der Waals surface area (Å²) in [5, 5.41) is 20.3. The van der Waals surface area contributed by atoms with Gasteiger partial charge in [-0.15, -0.1) is 0 Å². The van der Waals surface area contributed by atoms with E-state index in [0.717, 1.165) is 43.4 Å². The highest BCUT2D eigenvalue weighted by Gasteiger charge is 2.10. The third kappa shape index (κ3) is 11.3. The van der Waals surface area contributed by atoms with Gasteiger partial charge in [-0.3, -0.25) is 4.79 Å². The van der Waals surface area contributed by atoms with Crippen LogP contribution in [0, 0.1) is 0 Å². The smallest absolute Gasteiger partial charge is 0.305 e. The number of rotatable bonds is 15. The summed E-state index contributed by atoms with van der Waals surface area (Å²) >= 11 is 1.60. The molecule has 0 saturated carbocycles. The van der Waals surface area contributed by atoms with E-state index in [9.17, 15) is 15.0 Å². The van der Waals surface area contributed by atoms with Crippen LogP contribution in [0.15, 0.2) is 24.3 Å². The summed E-state index contributed by atoms with van der Waals surface area (Å²) in [7, 11) is 0. The summed E-state index contributed by atoms with van der Waals surface area (Å²) < 4.78 is 10.5. The topological polar surface area (TPSA) is 76.0 Å². The van der Waals surface area contributed by atoms with Crippen molar-refractivity contribution >= 4 is 17.7 Å². The summed E-state index contributed by atoms with van der Waals surface area (Å²) in [5.74, 6) is 1.85. The van der Waals surface area contributed by atoms with Crippen LogP contribution in [0.5, 0.6) is 5.75 Å². The quantitative estimate of drug-likeness (QED) is 0.342. The Bertz CT molecular complexity index is 523. The second-order valence-corrected chi connectivity index (χ2v) is 7.68. The van der Waals surface area contributed by atoms with Crippen LogP contribution in [-0.2, 0) is 9.53 Å². The van der Waals surface area contributed by atoms with Crippen LogP contribution < -0.4 is 4.74 Å². The number of esters is 1. The minimum atomic E-state index is -0.573. The number of carbonyl (C=O) groups is 1. The van der Waals surface area contributed by atoms with Crippen LogP contribution in [0.1, 0.15) is 64.0 Å². The first-order valence-corrected chi connectivity index (χ1v) is 11.0. The summed E-state index contributed by atoms with van der Waals surface area (Å²) in [4.78, 5) is 11.2. The summed E-state index contributed by atoms with van der Waals surface area (Å²) in [6, 6.07) is 7.45. The minimum absolute atomic E-state index is 0.168. The van der Waals surface area contributed by atoms with Gasteiger partial charge in [0.1, 0.15) is 12.4 Å². The van der Waals surface area contributed by atoms with Crippen LogP contribution in [0.25, 0.3) is 0 Å². The number of hydrogen-bond donors (Lipinski definition) is 2. The molecule has 0 radical (unpaired) electrons. The Morgan fingerprint density at radius 1 is 1.19 bits per heavy atom. The molecule has 0 aliphatic heterocycles. The van der Waals surface area contributed by atoms with Gasteiger partial charge in [0.25, 0.3) is 0 Å². The first kappa shape index (κ1) is 23.8. The number of aliphatic hydroxyl groups is 2. The molecule has 0 fully saturated rings. The lowest BCUT2D eigenvalue weighted by Crippen LogP contribution is -2.20. The van der Waals surface area contributed by atoms with Gasteiger partial charge >= 0.3 is 5.97 Å². The van der Waals surface area contributed by atoms with E-state index in [1.165, 1.54) is 0 Å². The van der Waals surface area contributed by atoms with Crippen LogP contribution in [0.2, 0.25) is 0 Å². The average Bonchev–Trinajstić information content (AvgIpc) is 2.66. The van der Waals surface area contributed by atoms with Crippen molar-refractivity contribution in [2.45, 2.75) is 64.6 Å². The normalized spacial score (nSPS) is 13.2. The summed E-state index contributed by atoms with van der Waals surface area (Å²) in [6.45, 7) is 4.57. The first-order valence-electron chi connectivity index (χ1n) is 9.89. The molecule has 2 N–H and O–H groups in total. The molecule has 2 unspecified atom stereocenters.